The summed E-state index contributed by atoms with van der Waals surface area (Å²) < 4.78 is 38.3. The molecule has 1 atom stereocenters. The van der Waals surface area contributed by atoms with Gasteiger partial charge in [0.25, 0.3) is 0 Å². The molecule has 1 saturated heterocycles. The summed E-state index contributed by atoms with van der Waals surface area (Å²) in [6.45, 7) is 3.94. The van der Waals surface area contributed by atoms with Crippen molar-refractivity contribution in [2.75, 3.05) is 39.9 Å². The number of sulfonamides is 1. The zero-order chi connectivity index (χ0) is 20.5. The summed E-state index contributed by atoms with van der Waals surface area (Å²) in [6.07, 6.45) is 1.87. The molecule has 0 bridgehead atoms. The number of morpholine rings is 1. The maximum atomic E-state index is 12.3. The monoisotopic (exact) mass is 418 g/mol. The van der Waals surface area contributed by atoms with Crippen molar-refractivity contribution >= 4 is 10.0 Å². The Hall–Kier alpha value is -1.93. The third kappa shape index (κ3) is 7.12. The molecule has 0 spiro atoms. The number of rotatable bonds is 10. The number of nitrogens with zero attached hydrogens (tertiary/aromatic N) is 1. The molecule has 0 amide bonds. The van der Waals surface area contributed by atoms with Crippen LogP contribution in [0, 0.1) is 0 Å². The second-order valence-corrected chi connectivity index (χ2v) is 9.09. The van der Waals surface area contributed by atoms with Crippen LogP contribution in [0.4, 0.5) is 0 Å². The molecule has 1 N–H and O–H groups in total. The first-order chi connectivity index (χ1) is 14.1. The van der Waals surface area contributed by atoms with Gasteiger partial charge in [0.05, 0.1) is 25.6 Å². The van der Waals surface area contributed by atoms with Gasteiger partial charge in [-0.2, -0.15) is 0 Å². The van der Waals surface area contributed by atoms with Crippen LogP contribution in [0.3, 0.4) is 0 Å². The lowest BCUT2D eigenvalue weighted by Gasteiger charge is -2.33. The molecule has 6 nitrogen and oxygen atoms in total. The topological polar surface area (TPSA) is 67.9 Å². The van der Waals surface area contributed by atoms with E-state index in [4.69, 9.17) is 9.47 Å². The predicted octanol–water partition coefficient (Wildman–Crippen LogP) is 2.97. The summed E-state index contributed by atoms with van der Waals surface area (Å²) in [5.41, 5.74) is 1.93. The Bertz CT molecular complexity index is 858. The maximum absolute atomic E-state index is 12.3. The minimum atomic E-state index is -3.35. The highest BCUT2D eigenvalue weighted by Gasteiger charge is 2.21. The maximum Gasteiger partial charge on any atom is 0.215 e. The molecular weight excluding hydrogens is 388 g/mol. The van der Waals surface area contributed by atoms with Crippen LogP contribution in [0.15, 0.2) is 54.6 Å². The molecule has 2 aromatic rings. The first-order valence-electron chi connectivity index (χ1n) is 10.0. The van der Waals surface area contributed by atoms with Crippen molar-refractivity contribution in [2.24, 2.45) is 0 Å². The molecule has 0 aliphatic carbocycles. The van der Waals surface area contributed by atoms with Gasteiger partial charge in [-0.3, -0.25) is 4.90 Å². The van der Waals surface area contributed by atoms with E-state index in [1.54, 1.807) is 31.4 Å². The normalized spacial score (nSPS) is 17.9. The molecule has 1 aliphatic rings. The summed E-state index contributed by atoms with van der Waals surface area (Å²) >= 11 is 0. The summed E-state index contributed by atoms with van der Waals surface area (Å²) in [5, 5.41) is 0. The fourth-order valence-corrected chi connectivity index (χ4v) is 4.67. The van der Waals surface area contributed by atoms with E-state index < -0.39 is 10.0 Å². The molecule has 1 fully saturated rings. The van der Waals surface area contributed by atoms with E-state index in [1.807, 2.05) is 18.2 Å². The lowest BCUT2D eigenvalue weighted by molar-refractivity contribution is -0.0303. The molecule has 29 heavy (non-hydrogen) atoms. The lowest BCUT2D eigenvalue weighted by atomic mass is 10.1. The van der Waals surface area contributed by atoms with Gasteiger partial charge >= 0.3 is 0 Å². The van der Waals surface area contributed by atoms with Crippen LogP contribution in [-0.2, 0) is 20.5 Å². The molecule has 0 aromatic heterocycles. The van der Waals surface area contributed by atoms with Gasteiger partial charge in [0.2, 0.25) is 10.0 Å². The van der Waals surface area contributed by atoms with E-state index in [2.05, 4.69) is 21.8 Å². The minimum Gasteiger partial charge on any atom is -0.497 e. The third-order valence-electron chi connectivity index (χ3n) is 5.04. The number of ether oxygens (including phenoxy) is 2. The Morgan fingerprint density at radius 1 is 1.14 bits per heavy atom. The fraction of sp³-hybridized carbons (Fsp3) is 0.455. The zero-order valence-electron chi connectivity index (χ0n) is 16.9. The average Bonchev–Trinajstić information content (AvgIpc) is 2.74. The standard InChI is InChI=1S/C22H30N2O4S/c1-27-21-11-7-8-19(16-21)18-29(25,26)23-12-5-6-13-24-14-15-28-22(17-24)20-9-3-2-4-10-20/h2-4,7-11,16,22-23H,5-6,12-15,17-18H2,1H3. The molecule has 1 aliphatic heterocycles. The van der Waals surface area contributed by atoms with Gasteiger partial charge in [-0.25, -0.2) is 13.1 Å². The van der Waals surface area contributed by atoms with Crippen LogP contribution in [0.2, 0.25) is 0 Å². The molecule has 0 saturated carbocycles. The molecule has 0 radical (unpaired) electrons. The smallest absolute Gasteiger partial charge is 0.215 e. The van der Waals surface area contributed by atoms with Crippen LogP contribution in [0.1, 0.15) is 30.1 Å². The molecule has 3 rings (SSSR count). The number of hydrogen-bond donors (Lipinski definition) is 1. The highest BCUT2D eigenvalue weighted by Crippen LogP contribution is 2.22. The summed E-state index contributed by atoms with van der Waals surface area (Å²) in [5.74, 6) is 0.629. The van der Waals surface area contributed by atoms with Crippen molar-refractivity contribution in [3.8, 4) is 5.75 Å². The van der Waals surface area contributed by atoms with Crippen LogP contribution in [-0.4, -0.2) is 53.2 Å². The largest absolute Gasteiger partial charge is 0.497 e. The van der Waals surface area contributed by atoms with E-state index in [0.29, 0.717) is 12.3 Å². The molecular formula is C22H30N2O4S. The van der Waals surface area contributed by atoms with E-state index >= 15 is 0 Å². The van der Waals surface area contributed by atoms with Crippen molar-refractivity contribution in [3.63, 3.8) is 0 Å². The fourth-order valence-electron chi connectivity index (χ4n) is 3.50. The van der Waals surface area contributed by atoms with Crippen molar-refractivity contribution in [1.29, 1.82) is 0 Å². The number of hydrogen-bond acceptors (Lipinski definition) is 5. The highest BCUT2D eigenvalue weighted by atomic mass is 32.2. The minimum absolute atomic E-state index is 0.0353. The first kappa shape index (κ1) is 21.8. The molecule has 1 heterocycles. The van der Waals surface area contributed by atoms with Crippen molar-refractivity contribution in [3.05, 3.63) is 65.7 Å². The first-order valence-corrected chi connectivity index (χ1v) is 11.7. The Balaban J connectivity index is 1.36. The highest BCUT2D eigenvalue weighted by molar-refractivity contribution is 7.88. The van der Waals surface area contributed by atoms with Gasteiger partial charge in [0, 0.05) is 19.6 Å². The summed E-state index contributed by atoms with van der Waals surface area (Å²) in [6, 6.07) is 17.4. The van der Waals surface area contributed by atoms with Crippen LogP contribution >= 0.6 is 0 Å². The van der Waals surface area contributed by atoms with Crippen LogP contribution < -0.4 is 9.46 Å². The van der Waals surface area contributed by atoms with Crippen molar-refractivity contribution in [1.82, 2.24) is 9.62 Å². The molecule has 1 unspecified atom stereocenters. The molecule has 2 aromatic carbocycles. The number of methoxy groups -OCH3 is 1. The Labute approximate surface area is 173 Å². The number of nitrogens with one attached hydrogen (secondary N) is 1. The Morgan fingerprint density at radius 2 is 1.97 bits per heavy atom. The number of benzene rings is 2. The van der Waals surface area contributed by atoms with Crippen LogP contribution in [0.25, 0.3) is 0 Å². The number of unbranched alkanes of at least 4 members (excludes halogenated alkanes) is 1. The Morgan fingerprint density at radius 3 is 2.76 bits per heavy atom. The van der Waals surface area contributed by atoms with E-state index in [9.17, 15) is 8.42 Å². The SMILES string of the molecule is COc1cccc(CS(=O)(=O)NCCCCN2CCOC(c3ccccc3)C2)c1. The second kappa shape index (κ2) is 10.7. The van der Waals surface area contributed by atoms with E-state index in [1.165, 1.54) is 5.56 Å². The van der Waals surface area contributed by atoms with Gasteiger partial charge in [-0.05, 0) is 42.6 Å². The van der Waals surface area contributed by atoms with Crippen LogP contribution in [0.5, 0.6) is 5.75 Å². The van der Waals surface area contributed by atoms with Gasteiger partial charge in [-0.1, -0.05) is 42.5 Å². The Kier molecular flexibility index (Phi) is 8.06. The van der Waals surface area contributed by atoms with Crippen molar-refractivity contribution in [2.45, 2.75) is 24.7 Å². The zero-order valence-corrected chi connectivity index (χ0v) is 17.7. The lowest BCUT2D eigenvalue weighted by Crippen LogP contribution is -2.39. The van der Waals surface area contributed by atoms with Gasteiger partial charge in [-0.15, -0.1) is 0 Å². The van der Waals surface area contributed by atoms with Gasteiger partial charge < -0.3 is 9.47 Å². The summed E-state index contributed by atoms with van der Waals surface area (Å²) in [4.78, 5) is 2.39. The second-order valence-electron chi connectivity index (χ2n) is 7.28. The molecule has 158 valence electrons. The third-order valence-corrected chi connectivity index (χ3v) is 6.39. The predicted molar refractivity (Wildman–Crippen MR) is 114 cm³/mol. The summed E-state index contributed by atoms with van der Waals surface area (Å²) in [7, 11) is -1.78. The van der Waals surface area contributed by atoms with E-state index in [-0.39, 0.29) is 11.9 Å². The molecule has 7 heteroatoms. The van der Waals surface area contributed by atoms with Crippen molar-refractivity contribution < 1.29 is 17.9 Å². The van der Waals surface area contributed by atoms with E-state index in [0.717, 1.165) is 44.6 Å². The van der Waals surface area contributed by atoms with Gasteiger partial charge in [0.1, 0.15) is 5.75 Å². The quantitative estimate of drug-likeness (QED) is 0.601. The van der Waals surface area contributed by atoms with Gasteiger partial charge in [0.15, 0.2) is 0 Å². The average molecular weight is 419 g/mol.